The van der Waals surface area contributed by atoms with Gasteiger partial charge in [-0.15, -0.1) is 11.8 Å². The molecule has 1 atom stereocenters. The second-order valence-corrected chi connectivity index (χ2v) is 11.1. The maximum atomic E-state index is 15.5. The molecule has 0 amide bonds. The number of pyridine rings is 1. The molecule has 4 aromatic rings. The molecule has 1 unspecified atom stereocenters. The van der Waals surface area contributed by atoms with Crippen LogP contribution in [0.25, 0.3) is 11.1 Å². The van der Waals surface area contributed by atoms with E-state index in [1.54, 1.807) is 23.6 Å². The molecule has 2 heterocycles. The first kappa shape index (κ1) is 28.1. The van der Waals surface area contributed by atoms with Crippen molar-refractivity contribution in [3.05, 3.63) is 117 Å². The third-order valence-corrected chi connectivity index (χ3v) is 8.80. The highest BCUT2D eigenvalue weighted by atomic mass is 32.2. The van der Waals surface area contributed by atoms with Gasteiger partial charge in [-0.2, -0.15) is 0 Å². The van der Waals surface area contributed by atoms with E-state index in [1.807, 2.05) is 25.2 Å². The van der Waals surface area contributed by atoms with Crippen LogP contribution in [-0.4, -0.2) is 42.5 Å². The first-order chi connectivity index (χ1) is 19.3. The highest BCUT2D eigenvalue weighted by molar-refractivity contribution is 7.99. The summed E-state index contributed by atoms with van der Waals surface area (Å²) >= 11 is 1.51. The summed E-state index contributed by atoms with van der Waals surface area (Å²) in [4.78, 5) is 16.3. The lowest BCUT2D eigenvalue weighted by Crippen LogP contribution is -2.35. The van der Waals surface area contributed by atoms with Crippen molar-refractivity contribution in [3.63, 3.8) is 0 Å². The van der Waals surface area contributed by atoms with Crippen LogP contribution in [0.2, 0.25) is 0 Å². The highest BCUT2D eigenvalue weighted by Crippen LogP contribution is 2.41. The minimum absolute atomic E-state index is 0.0232. The summed E-state index contributed by atoms with van der Waals surface area (Å²) < 4.78 is 51.9. The minimum atomic E-state index is -0.654. The standard InChI is InChI=1S/C32H31F3N2O2S/c1-20-24(17-25-26(33)12-8-13-27(25)34)32-37(31(38)29(20)23-11-7-14-28(39-3)30(23)35)22(19-40-32)18-36(2)16-15-21-9-5-4-6-10-21/h4-14,22H,15-19H2,1-3H3. The maximum Gasteiger partial charge on any atom is 0.260 e. The molecule has 0 saturated heterocycles. The van der Waals surface area contributed by atoms with E-state index in [0.717, 1.165) is 13.0 Å². The van der Waals surface area contributed by atoms with Crippen LogP contribution in [0, 0.1) is 24.4 Å². The van der Waals surface area contributed by atoms with Crippen LogP contribution in [0.15, 0.2) is 76.6 Å². The lowest BCUT2D eigenvalue weighted by molar-refractivity contribution is 0.286. The quantitative estimate of drug-likeness (QED) is 0.228. The van der Waals surface area contributed by atoms with Crippen LogP contribution in [0.4, 0.5) is 13.2 Å². The van der Waals surface area contributed by atoms with E-state index >= 15 is 4.39 Å². The number of ether oxygens (including phenoxy) is 1. The molecule has 4 nitrogen and oxygen atoms in total. The molecule has 0 spiro atoms. The van der Waals surface area contributed by atoms with E-state index in [9.17, 15) is 13.6 Å². The average Bonchev–Trinajstić information content (AvgIpc) is 3.36. The molecular weight excluding hydrogens is 533 g/mol. The van der Waals surface area contributed by atoms with Gasteiger partial charge in [0.1, 0.15) is 11.6 Å². The zero-order chi connectivity index (χ0) is 28.4. The van der Waals surface area contributed by atoms with E-state index in [0.29, 0.717) is 28.5 Å². The summed E-state index contributed by atoms with van der Waals surface area (Å²) in [5, 5.41) is 0.679. The fraction of sp³-hybridized carbons (Fsp3) is 0.281. The van der Waals surface area contributed by atoms with Gasteiger partial charge in [-0.05, 0) is 55.3 Å². The molecule has 0 fully saturated rings. The lowest BCUT2D eigenvalue weighted by atomic mass is 9.94. The Labute approximate surface area is 236 Å². The predicted octanol–water partition coefficient (Wildman–Crippen LogP) is 6.66. The molecule has 0 N–H and O–H groups in total. The van der Waals surface area contributed by atoms with Crippen LogP contribution in [0.1, 0.15) is 28.3 Å². The van der Waals surface area contributed by atoms with Crippen molar-refractivity contribution >= 4 is 11.8 Å². The van der Waals surface area contributed by atoms with Gasteiger partial charge in [0.05, 0.1) is 23.7 Å². The predicted molar refractivity (Wildman–Crippen MR) is 154 cm³/mol. The molecule has 8 heteroatoms. The molecule has 208 valence electrons. The van der Waals surface area contributed by atoms with E-state index in [2.05, 4.69) is 17.0 Å². The van der Waals surface area contributed by atoms with Crippen LogP contribution < -0.4 is 10.3 Å². The number of rotatable bonds is 9. The number of thioether (sulfide) groups is 1. The normalized spacial score (nSPS) is 14.5. The largest absolute Gasteiger partial charge is 0.494 e. The Morgan fingerprint density at radius 1 is 0.975 bits per heavy atom. The van der Waals surface area contributed by atoms with Crippen molar-refractivity contribution < 1.29 is 17.9 Å². The minimum Gasteiger partial charge on any atom is -0.494 e. The van der Waals surface area contributed by atoms with Crippen molar-refractivity contribution in [1.82, 2.24) is 9.47 Å². The molecule has 1 aromatic heterocycles. The lowest BCUT2D eigenvalue weighted by Gasteiger charge is -2.24. The van der Waals surface area contributed by atoms with Gasteiger partial charge in [0.15, 0.2) is 11.6 Å². The molecule has 0 saturated carbocycles. The zero-order valence-electron chi connectivity index (χ0n) is 22.7. The second kappa shape index (κ2) is 11.9. The van der Waals surface area contributed by atoms with E-state index in [-0.39, 0.29) is 40.5 Å². The summed E-state index contributed by atoms with van der Waals surface area (Å²) in [6.45, 7) is 3.12. The smallest absolute Gasteiger partial charge is 0.260 e. The summed E-state index contributed by atoms with van der Waals surface area (Å²) in [6, 6.07) is 18.5. The third kappa shape index (κ3) is 5.43. The van der Waals surface area contributed by atoms with Crippen molar-refractivity contribution in [2.45, 2.75) is 30.8 Å². The Hall–Kier alpha value is -3.49. The second-order valence-electron chi connectivity index (χ2n) is 10.1. The molecule has 40 heavy (non-hydrogen) atoms. The van der Waals surface area contributed by atoms with Crippen molar-refractivity contribution in [2.24, 2.45) is 0 Å². The molecule has 5 rings (SSSR count). The molecule has 0 radical (unpaired) electrons. The van der Waals surface area contributed by atoms with Crippen molar-refractivity contribution in [3.8, 4) is 16.9 Å². The number of aromatic nitrogens is 1. The Kier molecular flexibility index (Phi) is 8.38. The topological polar surface area (TPSA) is 34.5 Å². The van der Waals surface area contributed by atoms with Gasteiger partial charge in [-0.3, -0.25) is 9.36 Å². The van der Waals surface area contributed by atoms with Crippen molar-refractivity contribution in [1.29, 1.82) is 0 Å². The number of fused-ring (bicyclic) bond motifs is 1. The third-order valence-electron chi connectivity index (χ3n) is 7.53. The molecule has 0 bridgehead atoms. The fourth-order valence-electron chi connectivity index (χ4n) is 5.38. The van der Waals surface area contributed by atoms with Crippen LogP contribution in [-0.2, 0) is 12.8 Å². The first-order valence-electron chi connectivity index (χ1n) is 13.2. The average molecular weight is 565 g/mol. The fourth-order valence-corrected chi connectivity index (χ4v) is 6.76. The van der Waals surface area contributed by atoms with Crippen LogP contribution in [0.3, 0.4) is 0 Å². The number of benzene rings is 3. The maximum absolute atomic E-state index is 15.5. The first-order valence-corrected chi connectivity index (χ1v) is 14.2. The van der Waals surface area contributed by atoms with Gasteiger partial charge < -0.3 is 9.64 Å². The van der Waals surface area contributed by atoms with Crippen molar-refractivity contribution in [2.75, 3.05) is 33.0 Å². The summed E-state index contributed by atoms with van der Waals surface area (Å²) in [6.07, 6.45) is 0.813. The van der Waals surface area contributed by atoms with Gasteiger partial charge in [-0.1, -0.05) is 48.5 Å². The number of nitrogens with zero attached hydrogens (tertiary/aromatic N) is 2. The van der Waals surface area contributed by atoms with Crippen LogP contribution in [0.5, 0.6) is 5.75 Å². The Morgan fingerprint density at radius 3 is 2.38 bits per heavy atom. The van der Waals surface area contributed by atoms with E-state index < -0.39 is 17.5 Å². The number of methoxy groups -OCH3 is 1. The SMILES string of the molecule is COc1cccc(-c2c(C)c(Cc3c(F)cccc3F)c3n(c2=O)C(CN(C)CCc2ccccc2)CS3)c1F. The molecular formula is C32H31F3N2O2S. The van der Waals surface area contributed by atoms with Gasteiger partial charge in [0.25, 0.3) is 5.56 Å². The number of halogens is 3. The summed E-state index contributed by atoms with van der Waals surface area (Å²) in [5.74, 6) is -1.30. The Morgan fingerprint density at radius 2 is 1.68 bits per heavy atom. The van der Waals surface area contributed by atoms with E-state index in [4.69, 9.17) is 4.74 Å². The van der Waals surface area contributed by atoms with E-state index in [1.165, 1.54) is 48.7 Å². The summed E-state index contributed by atoms with van der Waals surface area (Å²) in [5.41, 5.74) is 2.27. The van der Waals surface area contributed by atoms with Crippen LogP contribution >= 0.6 is 11.8 Å². The summed E-state index contributed by atoms with van der Waals surface area (Å²) in [7, 11) is 3.39. The number of likely N-dealkylation sites (N-methyl/N-ethyl adjacent to an activating group) is 1. The monoisotopic (exact) mass is 564 g/mol. The van der Waals surface area contributed by atoms with Gasteiger partial charge >= 0.3 is 0 Å². The molecule has 3 aromatic carbocycles. The van der Waals surface area contributed by atoms with Gasteiger partial charge in [0, 0.05) is 36.4 Å². The number of hydrogen-bond donors (Lipinski definition) is 0. The molecule has 1 aliphatic rings. The highest BCUT2D eigenvalue weighted by Gasteiger charge is 2.32. The molecule has 1 aliphatic heterocycles. The zero-order valence-corrected chi connectivity index (χ0v) is 23.5. The Bertz CT molecular complexity index is 1570. The van der Waals surface area contributed by atoms with Gasteiger partial charge in [-0.25, -0.2) is 13.2 Å². The number of hydrogen-bond acceptors (Lipinski definition) is 4. The molecule has 0 aliphatic carbocycles. The van der Waals surface area contributed by atoms with Gasteiger partial charge in [0.2, 0.25) is 0 Å². The Balaban J connectivity index is 1.59.